The molecular formula is C24H26FN3O4S. The Morgan fingerprint density at radius 1 is 1.12 bits per heavy atom. The van der Waals surface area contributed by atoms with E-state index in [0.29, 0.717) is 33.9 Å². The van der Waals surface area contributed by atoms with Crippen molar-refractivity contribution in [2.24, 2.45) is 5.10 Å². The average Bonchev–Trinajstić information content (AvgIpc) is 3.27. The van der Waals surface area contributed by atoms with Crippen LogP contribution in [0.1, 0.15) is 42.1 Å². The molecule has 2 N–H and O–H groups in total. The largest absolute Gasteiger partial charge is 0.493 e. The summed E-state index contributed by atoms with van der Waals surface area (Å²) in [6, 6.07) is 9.66. The topological polar surface area (TPSA) is 89.0 Å². The van der Waals surface area contributed by atoms with Gasteiger partial charge < -0.3 is 14.8 Å². The summed E-state index contributed by atoms with van der Waals surface area (Å²) in [5.41, 5.74) is 4.32. The molecule has 9 heteroatoms. The Kier molecular flexibility index (Phi) is 8.37. The summed E-state index contributed by atoms with van der Waals surface area (Å²) in [5, 5.41) is 9.48. The van der Waals surface area contributed by atoms with Gasteiger partial charge in [-0.1, -0.05) is 25.5 Å². The fourth-order valence-corrected chi connectivity index (χ4v) is 4.23. The van der Waals surface area contributed by atoms with E-state index in [9.17, 15) is 14.0 Å². The van der Waals surface area contributed by atoms with E-state index in [4.69, 9.17) is 9.47 Å². The molecule has 0 saturated heterocycles. The van der Waals surface area contributed by atoms with Gasteiger partial charge in [0.15, 0.2) is 11.5 Å². The number of halogens is 1. The molecule has 174 valence electrons. The van der Waals surface area contributed by atoms with Gasteiger partial charge in [-0.25, -0.2) is 9.82 Å². The van der Waals surface area contributed by atoms with E-state index in [0.717, 1.165) is 23.8 Å². The second-order valence-electron chi connectivity index (χ2n) is 7.22. The van der Waals surface area contributed by atoms with E-state index in [1.165, 1.54) is 37.7 Å². The van der Waals surface area contributed by atoms with Crippen molar-refractivity contribution in [1.82, 2.24) is 10.7 Å². The molecule has 0 aliphatic heterocycles. The van der Waals surface area contributed by atoms with Gasteiger partial charge >= 0.3 is 0 Å². The average molecular weight is 472 g/mol. The van der Waals surface area contributed by atoms with Crippen LogP contribution in [0.15, 0.2) is 46.9 Å². The number of hydrogen-bond donors (Lipinski definition) is 2. The lowest BCUT2D eigenvalue weighted by Crippen LogP contribution is -2.35. The Hall–Kier alpha value is -3.46. The van der Waals surface area contributed by atoms with Gasteiger partial charge in [-0.3, -0.25) is 9.59 Å². The maximum Gasteiger partial charge on any atom is 0.259 e. The fourth-order valence-electron chi connectivity index (χ4n) is 3.25. The van der Waals surface area contributed by atoms with Crippen LogP contribution < -0.4 is 20.2 Å². The first-order valence-corrected chi connectivity index (χ1v) is 11.4. The number of hydrazone groups is 1. The fraction of sp³-hybridized carbons (Fsp3) is 0.292. The molecule has 3 rings (SSSR count). The molecule has 0 aliphatic rings. The Bertz CT molecular complexity index is 1180. The first-order valence-electron chi connectivity index (χ1n) is 10.5. The third-order valence-corrected chi connectivity index (χ3v) is 6.00. The van der Waals surface area contributed by atoms with Crippen LogP contribution >= 0.6 is 11.3 Å². The number of unbranched alkanes of at least 4 members (excludes halogenated alkanes) is 1. The molecule has 0 aliphatic carbocycles. The SMILES string of the molecule is CCCC/C(=N\NC(=O)CNC(=O)c1ccc(OC)c(OC)c1)c1csc2c(F)cccc12. The number of thiophene rings is 1. The Labute approximate surface area is 195 Å². The second kappa shape index (κ2) is 11.4. The van der Waals surface area contributed by atoms with Gasteiger partial charge in [-0.05, 0) is 37.1 Å². The molecule has 0 radical (unpaired) electrons. The van der Waals surface area contributed by atoms with Crippen LogP contribution in [0, 0.1) is 5.82 Å². The third-order valence-electron chi connectivity index (χ3n) is 5.00. The third kappa shape index (κ3) is 5.87. The summed E-state index contributed by atoms with van der Waals surface area (Å²) in [5.74, 6) is -0.259. The molecule has 0 unspecified atom stereocenters. The van der Waals surface area contributed by atoms with Crippen LogP contribution in [-0.4, -0.2) is 38.3 Å². The van der Waals surface area contributed by atoms with Crippen molar-refractivity contribution < 1.29 is 23.5 Å². The number of rotatable bonds is 10. The predicted octanol–water partition coefficient (Wildman–Crippen LogP) is 4.50. The number of nitrogens with zero attached hydrogens (tertiary/aromatic N) is 1. The molecule has 33 heavy (non-hydrogen) atoms. The minimum atomic E-state index is -0.469. The highest BCUT2D eigenvalue weighted by Crippen LogP contribution is 2.30. The van der Waals surface area contributed by atoms with E-state index in [2.05, 4.69) is 22.8 Å². The zero-order chi connectivity index (χ0) is 23.8. The number of fused-ring (bicyclic) bond motifs is 1. The Balaban J connectivity index is 1.67. The highest BCUT2D eigenvalue weighted by Gasteiger charge is 2.15. The lowest BCUT2D eigenvalue weighted by atomic mass is 10.0. The Morgan fingerprint density at radius 2 is 1.91 bits per heavy atom. The number of methoxy groups -OCH3 is 2. The standard InChI is InChI=1S/C24H26FN3O4S/c1-4-5-9-19(17-14-33-23-16(17)7-6-8-18(23)25)27-28-22(29)13-26-24(30)15-10-11-20(31-2)21(12-15)32-3/h6-8,10-12,14H,4-5,9,13H2,1-3H3,(H,26,30)(H,28,29)/b27-19+. The molecule has 0 atom stereocenters. The van der Waals surface area contributed by atoms with Crippen LogP contribution in [0.2, 0.25) is 0 Å². The summed E-state index contributed by atoms with van der Waals surface area (Å²) in [7, 11) is 2.98. The quantitative estimate of drug-likeness (QED) is 0.337. The van der Waals surface area contributed by atoms with E-state index in [1.54, 1.807) is 18.2 Å². The molecule has 0 bridgehead atoms. The van der Waals surface area contributed by atoms with Crippen molar-refractivity contribution in [1.29, 1.82) is 0 Å². The van der Waals surface area contributed by atoms with Crippen molar-refractivity contribution in [2.75, 3.05) is 20.8 Å². The number of amides is 2. The van der Waals surface area contributed by atoms with Gasteiger partial charge in [0.1, 0.15) is 5.82 Å². The van der Waals surface area contributed by atoms with Crippen molar-refractivity contribution in [3.05, 3.63) is 58.7 Å². The van der Waals surface area contributed by atoms with Crippen molar-refractivity contribution in [3.63, 3.8) is 0 Å². The number of benzene rings is 2. The van der Waals surface area contributed by atoms with Crippen LogP contribution in [0.25, 0.3) is 10.1 Å². The van der Waals surface area contributed by atoms with E-state index in [1.807, 2.05) is 11.4 Å². The summed E-state index contributed by atoms with van der Waals surface area (Å²) in [6.07, 6.45) is 2.46. The molecule has 1 aromatic heterocycles. The van der Waals surface area contributed by atoms with E-state index in [-0.39, 0.29) is 12.4 Å². The molecule has 2 amide bonds. The van der Waals surface area contributed by atoms with Crippen molar-refractivity contribution in [3.8, 4) is 11.5 Å². The number of carbonyl (C=O) groups excluding carboxylic acids is 2. The van der Waals surface area contributed by atoms with E-state index >= 15 is 0 Å². The molecule has 1 heterocycles. The lowest BCUT2D eigenvalue weighted by molar-refractivity contribution is -0.120. The number of ether oxygens (including phenoxy) is 2. The lowest BCUT2D eigenvalue weighted by Gasteiger charge is -2.10. The molecule has 0 fully saturated rings. The van der Waals surface area contributed by atoms with Crippen LogP contribution in [0.5, 0.6) is 11.5 Å². The maximum atomic E-state index is 14.1. The van der Waals surface area contributed by atoms with Crippen molar-refractivity contribution >= 4 is 38.9 Å². The van der Waals surface area contributed by atoms with Crippen molar-refractivity contribution in [2.45, 2.75) is 26.2 Å². The summed E-state index contributed by atoms with van der Waals surface area (Å²) in [4.78, 5) is 24.7. The molecule has 2 aromatic carbocycles. The second-order valence-corrected chi connectivity index (χ2v) is 8.10. The Morgan fingerprint density at radius 3 is 2.64 bits per heavy atom. The van der Waals surface area contributed by atoms with Gasteiger partial charge in [0.2, 0.25) is 0 Å². The minimum absolute atomic E-state index is 0.253. The first-order chi connectivity index (χ1) is 16.0. The van der Waals surface area contributed by atoms with Gasteiger partial charge in [0.25, 0.3) is 11.8 Å². The highest BCUT2D eigenvalue weighted by molar-refractivity contribution is 7.17. The van der Waals surface area contributed by atoms with E-state index < -0.39 is 11.8 Å². The molecular weight excluding hydrogens is 445 g/mol. The first kappa shape index (κ1) is 24.2. The molecule has 0 spiro atoms. The van der Waals surface area contributed by atoms with Gasteiger partial charge in [0, 0.05) is 21.9 Å². The highest BCUT2D eigenvalue weighted by atomic mass is 32.1. The van der Waals surface area contributed by atoms with Crippen LogP contribution in [-0.2, 0) is 4.79 Å². The molecule has 7 nitrogen and oxygen atoms in total. The van der Waals surface area contributed by atoms with Gasteiger partial charge in [-0.15, -0.1) is 11.3 Å². The van der Waals surface area contributed by atoms with Gasteiger partial charge in [0.05, 0.1) is 31.2 Å². The van der Waals surface area contributed by atoms with Crippen LogP contribution in [0.3, 0.4) is 0 Å². The molecule has 3 aromatic rings. The summed E-state index contributed by atoms with van der Waals surface area (Å²) in [6.45, 7) is 1.81. The number of carbonyl (C=O) groups is 2. The zero-order valence-corrected chi connectivity index (χ0v) is 19.6. The minimum Gasteiger partial charge on any atom is -0.493 e. The number of nitrogens with one attached hydrogen (secondary N) is 2. The van der Waals surface area contributed by atoms with Crippen LogP contribution in [0.4, 0.5) is 4.39 Å². The normalized spacial score (nSPS) is 11.3. The maximum absolute atomic E-state index is 14.1. The van der Waals surface area contributed by atoms with Gasteiger partial charge in [-0.2, -0.15) is 5.10 Å². The summed E-state index contributed by atoms with van der Waals surface area (Å²) >= 11 is 1.31. The predicted molar refractivity (Wildman–Crippen MR) is 128 cm³/mol. The monoisotopic (exact) mass is 471 g/mol. The zero-order valence-electron chi connectivity index (χ0n) is 18.7. The smallest absolute Gasteiger partial charge is 0.259 e. The summed E-state index contributed by atoms with van der Waals surface area (Å²) < 4.78 is 25.0. The number of hydrogen-bond acceptors (Lipinski definition) is 6. The molecule has 0 saturated carbocycles.